The molecular weight excluding hydrogens is 379 g/mol. The zero-order chi connectivity index (χ0) is 20.5. The quantitative estimate of drug-likeness (QED) is 0.508. The van der Waals surface area contributed by atoms with Crippen LogP contribution in [0.15, 0.2) is 47.4 Å². The summed E-state index contributed by atoms with van der Waals surface area (Å²) in [4.78, 5) is 31.7. The summed E-state index contributed by atoms with van der Waals surface area (Å²) in [6.07, 6.45) is 0.328. The van der Waals surface area contributed by atoms with E-state index in [1.54, 1.807) is 4.90 Å². The number of nitrogens with zero attached hydrogens (tertiary/aromatic N) is 2. The van der Waals surface area contributed by atoms with E-state index in [1.165, 1.54) is 0 Å². The van der Waals surface area contributed by atoms with Gasteiger partial charge >= 0.3 is 5.97 Å². The zero-order valence-electron chi connectivity index (χ0n) is 15.3. The molecule has 2 atom stereocenters. The standard InChI is InChI=1S/C20H19FN4O4/c21-14-6-12-17(27)13(20(28)29)8-23-18(12)24-19(14)25-9-15(16(26)10-25)22-7-11-4-2-1-3-5-11/h1-6,8,15-16,22,26H,7,9-10H2,(H,28,29)(H,23,24,27). The van der Waals surface area contributed by atoms with Crippen molar-refractivity contribution in [2.24, 2.45) is 0 Å². The first-order chi connectivity index (χ1) is 13.9. The number of aromatic carboxylic acids is 1. The van der Waals surface area contributed by atoms with E-state index in [0.717, 1.165) is 17.8 Å². The second-order valence-electron chi connectivity index (χ2n) is 6.97. The number of H-pyrrole nitrogens is 1. The van der Waals surface area contributed by atoms with Crippen molar-refractivity contribution in [2.45, 2.75) is 18.7 Å². The number of benzene rings is 1. The van der Waals surface area contributed by atoms with Gasteiger partial charge in [-0.05, 0) is 11.6 Å². The number of rotatable bonds is 5. The molecule has 0 amide bonds. The number of β-amino-alcohol motifs (C(OH)–C–C–N with tert-alkyl or cyclic N) is 1. The SMILES string of the molecule is O=C(O)c1c[nH]c2nc(N3CC(O)C(NCc4ccccc4)C3)c(F)cc2c1=O. The lowest BCUT2D eigenvalue weighted by atomic mass is 10.2. The van der Waals surface area contributed by atoms with E-state index >= 15 is 0 Å². The average Bonchev–Trinajstić information content (AvgIpc) is 3.07. The molecule has 8 nitrogen and oxygen atoms in total. The minimum absolute atomic E-state index is 0.000661. The fraction of sp³-hybridized carbons (Fsp3) is 0.250. The molecule has 2 unspecified atom stereocenters. The zero-order valence-corrected chi connectivity index (χ0v) is 15.3. The van der Waals surface area contributed by atoms with E-state index in [9.17, 15) is 19.1 Å². The maximum atomic E-state index is 14.7. The van der Waals surface area contributed by atoms with Crippen molar-refractivity contribution in [3.63, 3.8) is 0 Å². The molecule has 1 aliphatic heterocycles. The molecule has 1 fully saturated rings. The van der Waals surface area contributed by atoms with Gasteiger partial charge in [0.25, 0.3) is 0 Å². The van der Waals surface area contributed by atoms with E-state index in [2.05, 4.69) is 15.3 Å². The van der Waals surface area contributed by atoms with Crippen molar-refractivity contribution in [1.29, 1.82) is 0 Å². The van der Waals surface area contributed by atoms with Gasteiger partial charge in [0, 0.05) is 25.8 Å². The van der Waals surface area contributed by atoms with Gasteiger partial charge in [0.05, 0.1) is 17.5 Å². The second-order valence-corrected chi connectivity index (χ2v) is 6.97. The highest BCUT2D eigenvalue weighted by molar-refractivity contribution is 5.91. The van der Waals surface area contributed by atoms with Crippen LogP contribution in [0.25, 0.3) is 11.0 Å². The van der Waals surface area contributed by atoms with Crippen LogP contribution in [0.1, 0.15) is 15.9 Å². The molecular formula is C20H19FN4O4. The predicted molar refractivity (Wildman–Crippen MR) is 105 cm³/mol. The molecule has 1 saturated heterocycles. The largest absolute Gasteiger partial charge is 0.477 e. The highest BCUT2D eigenvalue weighted by atomic mass is 19.1. The lowest BCUT2D eigenvalue weighted by molar-refractivity contribution is 0.0695. The Morgan fingerprint density at radius 1 is 1.31 bits per heavy atom. The number of aromatic amines is 1. The van der Waals surface area contributed by atoms with Crippen molar-refractivity contribution < 1.29 is 19.4 Å². The highest BCUT2D eigenvalue weighted by Gasteiger charge is 2.33. The molecule has 150 valence electrons. The number of pyridine rings is 2. The fourth-order valence-electron chi connectivity index (χ4n) is 3.50. The first-order valence-electron chi connectivity index (χ1n) is 9.09. The maximum absolute atomic E-state index is 14.7. The van der Waals surface area contributed by atoms with Gasteiger partial charge in [-0.25, -0.2) is 14.2 Å². The van der Waals surface area contributed by atoms with Crippen LogP contribution < -0.4 is 15.6 Å². The molecule has 2 aromatic heterocycles. The molecule has 0 spiro atoms. The number of anilines is 1. The molecule has 0 radical (unpaired) electrons. The minimum atomic E-state index is -1.40. The summed E-state index contributed by atoms with van der Waals surface area (Å²) >= 11 is 0. The number of halogens is 1. The molecule has 3 aromatic rings. The molecule has 29 heavy (non-hydrogen) atoms. The number of fused-ring (bicyclic) bond motifs is 1. The van der Waals surface area contributed by atoms with Crippen LogP contribution in [-0.4, -0.2) is 51.4 Å². The Labute approximate surface area is 164 Å². The van der Waals surface area contributed by atoms with Crippen LogP contribution in [0, 0.1) is 5.82 Å². The molecule has 9 heteroatoms. The third kappa shape index (κ3) is 3.69. The number of aliphatic hydroxyl groups excluding tert-OH is 1. The summed E-state index contributed by atoms with van der Waals surface area (Å²) in [5, 5.41) is 22.5. The number of carbonyl (C=O) groups is 1. The Morgan fingerprint density at radius 3 is 2.79 bits per heavy atom. The first kappa shape index (κ1) is 19.0. The van der Waals surface area contributed by atoms with E-state index in [4.69, 9.17) is 5.11 Å². The van der Waals surface area contributed by atoms with Gasteiger partial charge in [-0.3, -0.25) is 4.79 Å². The molecule has 3 heterocycles. The van der Waals surface area contributed by atoms with Crippen molar-refractivity contribution in [2.75, 3.05) is 18.0 Å². The van der Waals surface area contributed by atoms with Crippen molar-refractivity contribution in [3.05, 3.63) is 69.8 Å². The Bertz CT molecular complexity index is 1120. The summed E-state index contributed by atoms with van der Waals surface area (Å²) in [5.74, 6) is -2.15. The Morgan fingerprint density at radius 2 is 2.07 bits per heavy atom. The van der Waals surface area contributed by atoms with Crippen LogP contribution in [-0.2, 0) is 6.54 Å². The number of nitrogens with one attached hydrogen (secondary N) is 2. The highest BCUT2D eigenvalue weighted by Crippen LogP contribution is 2.24. The molecule has 1 aliphatic rings. The van der Waals surface area contributed by atoms with Gasteiger partial charge in [0.2, 0.25) is 5.43 Å². The van der Waals surface area contributed by atoms with Crippen LogP contribution in [0.4, 0.5) is 10.2 Å². The number of aliphatic hydroxyl groups is 1. The monoisotopic (exact) mass is 398 g/mol. The Hall–Kier alpha value is -3.30. The maximum Gasteiger partial charge on any atom is 0.341 e. The Kier molecular flexibility index (Phi) is 4.99. The average molecular weight is 398 g/mol. The van der Waals surface area contributed by atoms with Gasteiger partial charge in [0.1, 0.15) is 11.2 Å². The molecule has 0 aliphatic carbocycles. The van der Waals surface area contributed by atoms with Crippen molar-refractivity contribution in [1.82, 2.24) is 15.3 Å². The normalized spacial score (nSPS) is 19.0. The summed E-state index contributed by atoms with van der Waals surface area (Å²) < 4.78 is 14.7. The van der Waals surface area contributed by atoms with Crippen molar-refractivity contribution in [3.8, 4) is 0 Å². The van der Waals surface area contributed by atoms with Gasteiger partial charge in [-0.1, -0.05) is 30.3 Å². The summed E-state index contributed by atoms with van der Waals surface area (Å²) in [6, 6.07) is 10.4. The lowest BCUT2D eigenvalue weighted by Gasteiger charge is -2.18. The van der Waals surface area contributed by atoms with Gasteiger partial charge in [-0.15, -0.1) is 0 Å². The second kappa shape index (κ2) is 7.61. The van der Waals surface area contributed by atoms with Crippen LogP contribution in [0.5, 0.6) is 0 Å². The lowest BCUT2D eigenvalue weighted by Crippen LogP contribution is -2.38. The van der Waals surface area contributed by atoms with E-state index in [-0.39, 0.29) is 29.4 Å². The number of hydrogen-bond acceptors (Lipinski definition) is 6. The van der Waals surface area contributed by atoms with E-state index < -0.39 is 28.9 Å². The van der Waals surface area contributed by atoms with Gasteiger partial charge in [-0.2, -0.15) is 0 Å². The summed E-state index contributed by atoms with van der Waals surface area (Å²) in [6.45, 7) is 1.08. The number of carboxylic acids is 1. The van der Waals surface area contributed by atoms with Crippen LogP contribution in [0.2, 0.25) is 0 Å². The smallest absolute Gasteiger partial charge is 0.341 e. The number of hydrogen-bond donors (Lipinski definition) is 4. The Balaban J connectivity index is 1.56. The summed E-state index contributed by atoms with van der Waals surface area (Å²) in [7, 11) is 0. The predicted octanol–water partition coefficient (Wildman–Crippen LogP) is 1.10. The van der Waals surface area contributed by atoms with Crippen LogP contribution in [0.3, 0.4) is 0 Å². The number of aromatic nitrogens is 2. The minimum Gasteiger partial charge on any atom is -0.477 e. The van der Waals surface area contributed by atoms with Crippen molar-refractivity contribution >= 4 is 22.8 Å². The van der Waals surface area contributed by atoms with E-state index in [1.807, 2.05) is 30.3 Å². The van der Waals surface area contributed by atoms with Crippen LogP contribution >= 0.6 is 0 Å². The number of carboxylic acid groups (broad SMARTS) is 1. The van der Waals surface area contributed by atoms with E-state index in [0.29, 0.717) is 13.1 Å². The first-order valence-corrected chi connectivity index (χ1v) is 9.09. The molecule has 0 saturated carbocycles. The molecule has 1 aromatic carbocycles. The third-order valence-corrected chi connectivity index (χ3v) is 5.03. The third-order valence-electron chi connectivity index (χ3n) is 5.03. The fourth-order valence-corrected chi connectivity index (χ4v) is 3.50. The van der Waals surface area contributed by atoms with Gasteiger partial charge in [0.15, 0.2) is 11.6 Å². The molecule has 0 bridgehead atoms. The van der Waals surface area contributed by atoms with Gasteiger partial charge < -0.3 is 25.4 Å². The molecule has 4 rings (SSSR count). The molecule has 4 N–H and O–H groups in total. The topological polar surface area (TPSA) is 119 Å². The summed E-state index contributed by atoms with van der Waals surface area (Å²) in [5.41, 5.74) is -0.118.